The van der Waals surface area contributed by atoms with Crippen molar-refractivity contribution in [2.75, 3.05) is 33.2 Å². The van der Waals surface area contributed by atoms with Gasteiger partial charge in [0.1, 0.15) is 0 Å². The van der Waals surface area contributed by atoms with Crippen molar-refractivity contribution in [1.29, 1.82) is 0 Å². The predicted molar refractivity (Wildman–Crippen MR) is 101 cm³/mol. The van der Waals surface area contributed by atoms with Crippen LogP contribution in [0.15, 0.2) is 22.5 Å². The van der Waals surface area contributed by atoms with Gasteiger partial charge in [-0.25, -0.2) is 0 Å². The van der Waals surface area contributed by atoms with Gasteiger partial charge in [0, 0.05) is 39.6 Å². The number of likely N-dealkylation sites (tertiary alicyclic amines) is 1. The monoisotopic (exact) mass is 365 g/mol. The van der Waals surface area contributed by atoms with E-state index in [1.807, 2.05) is 17.5 Å². The number of hydrogen-bond donors (Lipinski definition) is 3. The molecule has 8 heteroatoms. The third-order valence-electron chi connectivity index (χ3n) is 4.19. The molecule has 1 unspecified atom stereocenters. The van der Waals surface area contributed by atoms with Gasteiger partial charge in [0.2, 0.25) is 5.91 Å². The highest BCUT2D eigenvalue weighted by atomic mass is 32.1. The van der Waals surface area contributed by atoms with E-state index in [0.717, 1.165) is 49.7 Å². The molecule has 1 saturated heterocycles. The predicted octanol–water partition coefficient (Wildman–Crippen LogP) is 1.03. The number of primary amides is 1. The molecule has 25 heavy (non-hydrogen) atoms. The Hall–Kier alpha value is -2.09. The second-order valence-corrected chi connectivity index (χ2v) is 7.13. The number of thiophene rings is 1. The summed E-state index contributed by atoms with van der Waals surface area (Å²) in [7, 11) is 1.76. The van der Waals surface area contributed by atoms with Crippen molar-refractivity contribution in [3.63, 3.8) is 0 Å². The normalized spacial score (nSPS) is 18.0. The minimum absolute atomic E-state index is 0.0234. The van der Waals surface area contributed by atoms with Crippen molar-refractivity contribution < 1.29 is 9.59 Å². The van der Waals surface area contributed by atoms with Crippen LogP contribution in [0.25, 0.3) is 0 Å². The van der Waals surface area contributed by atoms with Gasteiger partial charge in [-0.2, -0.15) is 0 Å². The van der Waals surface area contributed by atoms with E-state index < -0.39 is 0 Å². The smallest absolute Gasteiger partial charge is 0.261 e. The van der Waals surface area contributed by atoms with E-state index in [0.29, 0.717) is 18.9 Å². The second-order valence-electron chi connectivity index (χ2n) is 6.19. The lowest BCUT2D eigenvalue weighted by Gasteiger charge is -2.34. The number of carbonyl (C=O) groups is 2. The molecule has 0 bridgehead atoms. The van der Waals surface area contributed by atoms with Crippen molar-refractivity contribution in [3.05, 3.63) is 22.4 Å². The van der Waals surface area contributed by atoms with Gasteiger partial charge in [0.25, 0.3) is 5.91 Å². The van der Waals surface area contributed by atoms with Gasteiger partial charge >= 0.3 is 0 Å². The first kappa shape index (κ1) is 19.2. The van der Waals surface area contributed by atoms with E-state index in [4.69, 9.17) is 5.73 Å². The lowest BCUT2D eigenvalue weighted by molar-refractivity contribution is -0.119. The molecular weight excluding hydrogens is 338 g/mol. The third kappa shape index (κ3) is 6.38. The highest BCUT2D eigenvalue weighted by Crippen LogP contribution is 2.19. The van der Waals surface area contributed by atoms with Crippen molar-refractivity contribution in [2.24, 2.45) is 16.6 Å². The fraction of sp³-hybridized carbons (Fsp3) is 0.588. The molecule has 1 atom stereocenters. The van der Waals surface area contributed by atoms with Crippen LogP contribution in [0.2, 0.25) is 0 Å². The number of nitrogens with zero attached hydrogens (tertiary/aromatic N) is 2. The maximum Gasteiger partial charge on any atom is 0.261 e. The summed E-state index contributed by atoms with van der Waals surface area (Å²) in [4.78, 5) is 30.2. The Kier molecular flexibility index (Phi) is 7.72. The first-order valence-electron chi connectivity index (χ1n) is 8.65. The summed E-state index contributed by atoms with van der Waals surface area (Å²) < 4.78 is 0. The summed E-state index contributed by atoms with van der Waals surface area (Å²) in [6, 6.07) is 3.69. The van der Waals surface area contributed by atoms with E-state index in [9.17, 15) is 9.59 Å². The average Bonchev–Trinajstić information content (AvgIpc) is 3.12. The third-order valence-corrected chi connectivity index (χ3v) is 5.06. The average molecular weight is 366 g/mol. The summed E-state index contributed by atoms with van der Waals surface area (Å²) in [6.07, 6.45) is 3.32. The largest absolute Gasteiger partial charge is 0.370 e. The molecule has 0 aliphatic carbocycles. The van der Waals surface area contributed by atoms with Crippen molar-refractivity contribution >= 4 is 29.1 Å². The molecule has 2 rings (SSSR count). The molecule has 2 heterocycles. The molecule has 0 spiro atoms. The number of aliphatic imine (C=N–C) groups is 1. The number of nitrogens with two attached hydrogens (primary N) is 1. The summed E-state index contributed by atoms with van der Waals surface area (Å²) in [5, 5.41) is 8.14. The van der Waals surface area contributed by atoms with Crippen molar-refractivity contribution in [2.45, 2.75) is 25.7 Å². The summed E-state index contributed by atoms with van der Waals surface area (Å²) in [5.74, 6) is 0.884. The maximum absolute atomic E-state index is 11.8. The van der Waals surface area contributed by atoms with Crippen LogP contribution in [0, 0.1) is 5.92 Å². The number of piperidine rings is 1. The van der Waals surface area contributed by atoms with Crippen molar-refractivity contribution in [1.82, 2.24) is 15.5 Å². The molecule has 1 aliphatic rings. The zero-order valence-electron chi connectivity index (χ0n) is 14.7. The Morgan fingerprint density at radius 2 is 2.20 bits per heavy atom. The van der Waals surface area contributed by atoms with Gasteiger partial charge in [-0.3, -0.25) is 14.6 Å². The fourth-order valence-corrected chi connectivity index (χ4v) is 3.67. The number of hydrogen-bond acceptors (Lipinski definition) is 4. The van der Waals surface area contributed by atoms with E-state index >= 15 is 0 Å². The zero-order chi connectivity index (χ0) is 18.1. The molecule has 1 aromatic heterocycles. The molecule has 2 amide bonds. The van der Waals surface area contributed by atoms with E-state index in [-0.39, 0.29) is 11.8 Å². The molecule has 7 nitrogen and oxygen atoms in total. The summed E-state index contributed by atoms with van der Waals surface area (Å²) in [6.45, 7) is 3.08. The van der Waals surface area contributed by atoms with E-state index in [1.165, 1.54) is 11.3 Å². The minimum atomic E-state index is -0.240. The molecule has 0 aromatic carbocycles. The van der Waals surface area contributed by atoms with Crippen LogP contribution in [-0.4, -0.2) is 55.9 Å². The van der Waals surface area contributed by atoms with Gasteiger partial charge in [-0.15, -0.1) is 11.3 Å². The Morgan fingerprint density at radius 1 is 1.40 bits per heavy atom. The first-order valence-corrected chi connectivity index (χ1v) is 9.53. The van der Waals surface area contributed by atoms with Crippen LogP contribution in [0.1, 0.15) is 35.4 Å². The van der Waals surface area contributed by atoms with E-state index in [2.05, 4.69) is 20.5 Å². The highest BCUT2D eigenvalue weighted by Gasteiger charge is 2.23. The zero-order valence-corrected chi connectivity index (χ0v) is 15.5. The number of carbonyl (C=O) groups excluding carboxylic acids is 2. The fourth-order valence-electron chi connectivity index (χ4n) is 3.03. The Labute approximate surface area is 152 Å². The molecule has 1 aliphatic heterocycles. The van der Waals surface area contributed by atoms with Crippen LogP contribution < -0.4 is 16.4 Å². The second kappa shape index (κ2) is 10.0. The maximum atomic E-state index is 11.8. The molecule has 1 fully saturated rings. The number of nitrogens with one attached hydrogen (secondary N) is 2. The van der Waals surface area contributed by atoms with E-state index in [1.54, 1.807) is 7.05 Å². The summed E-state index contributed by atoms with van der Waals surface area (Å²) in [5.41, 5.74) is 5.31. The van der Waals surface area contributed by atoms with Gasteiger partial charge in [-0.1, -0.05) is 6.07 Å². The van der Waals surface area contributed by atoms with Crippen LogP contribution >= 0.6 is 11.3 Å². The molecule has 4 N–H and O–H groups in total. The minimum Gasteiger partial charge on any atom is -0.370 e. The van der Waals surface area contributed by atoms with Gasteiger partial charge in [0.05, 0.1) is 4.88 Å². The van der Waals surface area contributed by atoms with Gasteiger partial charge in [-0.05, 0) is 36.6 Å². The number of guanidine groups is 1. The lowest BCUT2D eigenvalue weighted by atomic mass is 9.95. The SMILES string of the molecule is CN=C(NCCCNC(=O)c1cccs1)N1CCCC(CC(N)=O)C1. The molecule has 0 radical (unpaired) electrons. The van der Waals surface area contributed by atoms with Gasteiger partial charge < -0.3 is 21.3 Å². The molecule has 138 valence electrons. The summed E-state index contributed by atoms with van der Waals surface area (Å²) >= 11 is 1.44. The van der Waals surface area contributed by atoms with Crippen molar-refractivity contribution in [3.8, 4) is 0 Å². The molecule has 1 aromatic rings. The number of rotatable bonds is 7. The highest BCUT2D eigenvalue weighted by molar-refractivity contribution is 7.12. The molecular formula is C17H27N5O2S. The molecule has 0 saturated carbocycles. The first-order chi connectivity index (χ1) is 12.1. The van der Waals surface area contributed by atoms with Gasteiger partial charge in [0.15, 0.2) is 5.96 Å². The van der Waals surface area contributed by atoms with Crippen LogP contribution in [-0.2, 0) is 4.79 Å². The van der Waals surface area contributed by atoms with Crippen LogP contribution in [0.5, 0.6) is 0 Å². The van der Waals surface area contributed by atoms with Crippen LogP contribution in [0.3, 0.4) is 0 Å². The lowest BCUT2D eigenvalue weighted by Crippen LogP contribution is -2.47. The Bertz CT molecular complexity index is 588. The Morgan fingerprint density at radius 3 is 2.88 bits per heavy atom. The topological polar surface area (TPSA) is 99.8 Å². The Balaban J connectivity index is 1.68. The standard InChI is InChI=1S/C17H27N5O2S/c1-19-17(22-9-2-5-13(12-22)11-15(18)23)21-8-4-7-20-16(24)14-6-3-10-25-14/h3,6,10,13H,2,4-5,7-9,11-12H2,1H3,(H2,18,23)(H,19,21)(H,20,24). The van der Waals surface area contributed by atoms with Crippen LogP contribution in [0.4, 0.5) is 0 Å². The quantitative estimate of drug-likeness (QED) is 0.382. The number of amides is 2.